The molecule has 1 fully saturated rings. The third-order valence-corrected chi connectivity index (χ3v) is 4.37. The lowest BCUT2D eigenvalue weighted by Crippen LogP contribution is -2.28. The van der Waals surface area contributed by atoms with Gasteiger partial charge in [-0.2, -0.15) is 5.10 Å². The fourth-order valence-electron chi connectivity index (χ4n) is 3.14. The molecule has 1 aliphatic rings. The highest BCUT2D eigenvalue weighted by atomic mass is 16.2. The van der Waals surface area contributed by atoms with Crippen LogP contribution in [0.3, 0.4) is 0 Å². The SMILES string of the molecule is O=C1CCCN1CCn1ccnc1-c1ccnn1-c1ccccc1. The van der Waals surface area contributed by atoms with Gasteiger partial charge in [0.05, 0.1) is 11.9 Å². The van der Waals surface area contributed by atoms with E-state index in [-0.39, 0.29) is 5.91 Å². The molecular weight excluding hydrogens is 302 g/mol. The highest BCUT2D eigenvalue weighted by molar-refractivity contribution is 5.78. The maximum absolute atomic E-state index is 11.8. The second kappa shape index (κ2) is 6.31. The largest absolute Gasteiger partial charge is 0.341 e. The van der Waals surface area contributed by atoms with Crippen LogP contribution in [0.5, 0.6) is 0 Å². The first-order valence-corrected chi connectivity index (χ1v) is 8.22. The smallest absolute Gasteiger partial charge is 0.222 e. The summed E-state index contributed by atoms with van der Waals surface area (Å²) < 4.78 is 3.97. The molecule has 0 unspecified atom stereocenters. The second-order valence-electron chi connectivity index (χ2n) is 5.89. The number of para-hydroxylation sites is 1. The van der Waals surface area contributed by atoms with Gasteiger partial charge >= 0.3 is 0 Å². The molecule has 0 N–H and O–H groups in total. The molecule has 4 rings (SSSR count). The van der Waals surface area contributed by atoms with Crippen LogP contribution in [0, 0.1) is 0 Å². The van der Waals surface area contributed by atoms with Gasteiger partial charge in [-0.3, -0.25) is 4.79 Å². The van der Waals surface area contributed by atoms with Crippen molar-refractivity contribution in [2.45, 2.75) is 19.4 Å². The first kappa shape index (κ1) is 14.7. The van der Waals surface area contributed by atoms with E-state index in [4.69, 9.17) is 0 Å². The Morgan fingerprint density at radius 2 is 1.92 bits per heavy atom. The predicted octanol–water partition coefficient (Wildman–Crippen LogP) is 2.36. The summed E-state index contributed by atoms with van der Waals surface area (Å²) in [5, 5.41) is 4.43. The Hall–Kier alpha value is -2.89. The molecule has 0 bridgehead atoms. The Bertz CT molecular complexity index is 836. The minimum Gasteiger partial charge on any atom is -0.341 e. The Morgan fingerprint density at radius 3 is 2.71 bits per heavy atom. The molecule has 1 aliphatic heterocycles. The summed E-state index contributed by atoms with van der Waals surface area (Å²) in [5.41, 5.74) is 1.95. The van der Waals surface area contributed by atoms with Crippen LogP contribution < -0.4 is 0 Å². The number of carbonyl (C=O) groups excluding carboxylic acids is 1. The van der Waals surface area contributed by atoms with Crippen molar-refractivity contribution in [3.63, 3.8) is 0 Å². The van der Waals surface area contributed by atoms with Gasteiger partial charge < -0.3 is 9.47 Å². The zero-order valence-electron chi connectivity index (χ0n) is 13.4. The molecule has 0 atom stereocenters. The average Bonchev–Trinajstić information content (AvgIpc) is 3.34. The number of aromatic nitrogens is 4. The molecule has 122 valence electrons. The van der Waals surface area contributed by atoms with E-state index in [0.29, 0.717) is 6.42 Å². The summed E-state index contributed by atoms with van der Waals surface area (Å²) in [5.74, 6) is 1.12. The number of likely N-dealkylation sites (tertiary alicyclic amines) is 1. The molecule has 1 amide bonds. The second-order valence-corrected chi connectivity index (χ2v) is 5.89. The summed E-state index contributed by atoms with van der Waals surface area (Å²) in [4.78, 5) is 18.2. The van der Waals surface area contributed by atoms with Crippen LogP contribution in [0.15, 0.2) is 55.0 Å². The molecule has 3 aromatic rings. The molecule has 3 heterocycles. The Kier molecular flexibility index (Phi) is 3.86. The van der Waals surface area contributed by atoms with Crippen molar-refractivity contribution in [3.8, 4) is 17.2 Å². The maximum Gasteiger partial charge on any atom is 0.222 e. The summed E-state index contributed by atoms with van der Waals surface area (Å²) >= 11 is 0. The van der Waals surface area contributed by atoms with E-state index >= 15 is 0 Å². The molecule has 0 aliphatic carbocycles. The molecule has 1 saturated heterocycles. The molecular formula is C18H19N5O. The first-order valence-electron chi connectivity index (χ1n) is 8.22. The highest BCUT2D eigenvalue weighted by Gasteiger charge is 2.20. The summed E-state index contributed by atoms with van der Waals surface area (Å²) in [6.45, 7) is 2.33. The van der Waals surface area contributed by atoms with Crippen molar-refractivity contribution in [1.82, 2.24) is 24.2 Å². The highest BCUT2D eigenvalue weighted by Crippen LogP contribution is 2.21. The molecule has 6 heteroatoms. The first-order chi connectivity index (χ1) is 11.8. The van der Waals surface area contributed by atoms with E-state index < -0.39 is 0 Å². The number of imidazole rings is 1. The summed E-state index contributed by atoms with van der Waals surface area (Å²) in [6, 6.07) is 12.0. The van der Waals surface area contributed by atoms with Crippen molar-refractivity contribution in [2.75, 3.05) is 13.1 Å². The van der Waals surface area contributed by atoms with Gasteiger partial charge in [0.1, 0.15) is 5.69 Å². The molecule has 0 spiro atoms. The Labute approximate surface area is 140 Å². The fourth-order valence-corrected chi connectivity index (χ4v) is 3.14. The van der Waals surface area contributed by atoms with Gasteiger partial charge in [0.2, 0.25) is 5.91 Å². The van der Waals surface area contributed by atoms with Gasteiger partial charge in [0.15, 0.2) is 5.82 Å². The maximum atomic E-state index is 11.8. The van der Waals surface area contributed by atoms with Crippen LogP contribution >= 0.6 is 0 Å². The fraction of sp³-hybridized carbons (Fsp3) is 0.278. The van der Waals surface area contributed by atoms with Crippen LogP contribution in [0.25, 0.3) is 17.2 Å². The average molecular weight is 321 g/mol. The van der Waals surface area contributed by atoms with Crippen LogP contribution in [-0.4, -0.2) is 43.2 Å². The number of rotatable bonds is 5. The quantitative estimate of drug-likeness (QED) is 0.725. The molecule has 1 aromatic carbocycles. The van der Waals surface area contributed by atoms with Crippen molar-refractivity contribution in [2.24, 2.45) is 0 Å². The molecule has 0 radical (unpaired) electrons. The third kappa shape index (κ3) is 2.71. The lowest BCUT2D eigenvalue weighted by atomic mass is 10.3. The number of hydrogen-bond donors (Lipinski definition) is 0. The van der Waals surface area contributed by atoms with Crippen LogP contribution in [0.2, 0.25) is 0 Å². The normalized spacial score (nSPS) is 14.5. The van der Waals surface area contributed by atoms with Gasteiger partial charge in [0, 0.05) is 38.4 Å². The lowest BCUT2D eigenvalue weighted by Gasteiger charge is -2.17. The molecule has 0 saturated carbocycles. The number of nitrogens with zero attached hydrogens (tertiary/aromatic N) is 5. The number of benzene rings is 1. The van der Waals surface area contributed by atoms with E-state index in [9.17, 15) is 4.79 Å². The monoisotopic (exact) mass is 321 g/mol. The van der Waals surface area contributed by atoms with E-state index in [0.717, 1.165) is 43.3 Å². The van der Waals surface area contributed by atoms with Gasteiger partial charge in [-0.1, -0.05) is 18.2 Å². The predicted molar refractivity (Wildman–Crippen MR) is 90.6 cm³/mol. The third-order valence-electron chi connectivity index (χ3n) is 4.37. The number of carbonyl (C=O) groups is 1. The van der Waals surface area contributed by atoms with Gasteiger partial charge in [-0.05, 0) is 24.6 Å². The Morgan fingerprint density at radius 1 is 1.04 bits per heavy atom. The van der Waals surface area contributed by atoms with Gasteiger partial charge in [-0.15, -0.1) is 0 Å². The minimum atomic E-state index is 0.256. The number of amides is 1. The van der Waals surface area contributed by atoms with Gasteiger partial charge in [0.25, 0.3) is 0 Å². The van der Waals surface area contributed by atoms with Crippen molar-refractivity contribution in [3.05, 3.63) is 55.0 Å². The molecule has 24 heavy (non-hydrogen) atoms. The van der Waals surface area contributed by atoms with Crippen molar-refractivity contribution in [1.29, 1.82) is 0 Å². The summed E-state index contributed by atoms with van der Waals surface area (Å²) in [7, 11) is 0. The molecule has 2 aromatic heterocycles. The summed E-state index contributed by atoms with van der Waals surface area (Å²) in [6.07, 6.45) is 7.18. The molecule has 6 nitrogen and oxygen atoms in total. The lowest BCUT2D eigenvalue weighted by molar-refractivity contribution is -0.127. The van der Waals surface area contributed by atoms with Gasteiger partial charge in [-0.25, -0.2) is 9.67 Å². The van der Waals surface area contributed by atoms with Crippen LogP contribution in [0.4, 0.5) is 0 Å². The van der Waals surface area contributed by atoms with E-state index in [2.05, 4.69) is 14.6 Å². The zero-order valence-corrected chi connectivity index (χ0v) is 13.4. The standard InChI is InChI=1S/C18H19N5O/c24-17-7-4-11-21(17)13-14-22-12-10-19-18(22)16-8-9-20-23(16)15-5-2-1-3-6-15/h1-3,5-6,8-10,12H,4,7,11,13-14H2. The van der Waals surface area contributed by atoms with Crippen molar-refractivity contribution >= 4 is 5.91 Å². The van der Waals surface area contributed by atoms with Crippen LogP contribution in [-0.2, 0) is 11.3 Å². The van der Waals surface area contributed by atoms with Crippen LogP contribution in [0.1, 0.15) is 12.8 Å². The van der Waals surface area contributed by atoms with E-state index in [1.54, 1.807) is 12.4 Å². The topological polar surface area (TPSA) is 56.0 Å². The van der Waals surface area contributed by atoms with E-state index in [1.165, 1.54) is 0 Å². The zero-order chi connectivity index (χ0) is 16.4. The number of hydrogen-bond acceptors (Lipinski definition) is 3. The Balaban J connectivity index is 1.59. The van der Waals surface area contributed by atoms with E-state index in [1.807, 2.05) is 52.2 Å². The van der Waals surface area contributed by atoms with Crippen molar-refractivity contribution < 1.29 is 4.79 Å². The minimum absolute atomic E-state index is 0.256.